The van der Waals surface area contributed by atoms with Gasteiger partial charge in [-0.05, 0) is 6.07 Å². The molecule has 1 aromatic rings. The summed E-state index contributed by atoms with van der Waals surface area (Å²) >= 11 is 0. The molecule has 0 bridgehead atoms. The van der Waals surface area contributed by atoms with Crippen LogP contribution in [0.4, 0.5) is 11.4 Å². The molecule has 0 saturated heterocycles. The first-order valence-electron chi connectivity index (χ1n) is 5.38. The molecule has 8 heteroatoms. The normalized spacial score (nSPS) is 15.1. The topological polar surface area (TPSA) is 113 Å². The number of nitrogens with zero attached hydrogens (tertiary/aromatic N) is 3. The maximum absolute atomic E-state index is 11.7. The van der Waals surface area contributed by atoms with Crippen molar-refractivity contribution in [2.24, 2.45) is 5.10 Å². The summed E-state index contributed by atoms with van der Waals surface area (Å²) in [6.07, 6.45) is -0.0253. The van der Waals surface area contributed by atoms with Crippen molar-refractivity contribution in [3.05, 3.63) is 34.4 Å². The molecule has 0 atom stereocenters. The molecule has 1 N–H and O–H groups in total. The zero-order valence-corrected chi connectivity index (χ0v) is 9.65. The van der Waals surface area contributed by atoms with Crippen molar-refractivity contribution in [3.8, 4) is 0 Å². The first kappa shape index (κ1) is 12.7. The molecule has 1 aliphatic heterocycles. The summed E-state index contributed by atoms with van der Waals surface area (Å²) in [5, 5.41) is 24.2. The van der Waals surface area contributed by atoms with E-state index in [2.05, 4.69) is 5.10 Å². The summed E-state index contributed by atoms with van der Waals surface area (Å²) in [4.78, 5) is 32.8. The Bertz CT molecular complexity index is 596. The van der Waals surface area contributed by atoms with Gasteiger partial charge in [0.25, 0.3) is 5.69 Å². The highest BCUT2D eigenvalue weighted by Gasteiger charge is 2.29. The lowest BCUT2D eigenvalue weighted by molar-refractivity contribution is -0.384. The fourth-order valence-corrected chi connectivity index (χ4v) is 1.69. The van der Waals surface area contributed by atoms with Gasteiger partial charge in [0.05, 0.1) is 4.92 Å². The van der Waals surface area contributed by atoms with Crippen LogP contribution in [0.2, 0.25) is 0 Å². The molecule has 98 valence electrons. The van der Waals surface area contributed by atoms with Gasteiger partial charge in [-0.1, -0.05) is 12.1 Å². The number of hydrogen-bond acceptors (Lipinski definition) is 5. The molecule has 0 saturated carbocycles. The lowest BCUT2D eigenvalue weighted by Crippen LogP contribution is -2.34. The number of para-hydroxylation sites is 2. The van der Waals surface area contributed by atoms with E-state index in [0.29, 0.717) is 0 Å². The average Bonchev–Trinajstić information content (AvgIpc) is 2.39. The summed E-state index contributed by atoms with van der Waals surface area (Å²) in [5.41, 5.74) is -0.528. The zero-order chi connectivity index (χ0) is 14.0. The van der Waals surface area contributed by atoms with Crippen molar-refractivity contribution >= 4 is 29.0 Å². The Labute approximate surface area is 107 Å². The molecule has 0 spiro atoms. The van der Waals surface area contributed by atoms with Crippen LogP contribution in [0.5, 0.6) is 0 Å². The number of aliphatic carboxylic acids is 1. The van der Waals surface area contributed by atoms with E-state index in [4.69, 9.17) is 5.11 Å². The fraction of sp³-hybridized carbons (Fsp3) is 0.182. The number of carboxylic acid groups (broad SMARTS) is 1. The number of carbonyl (C=O) groups excluding carboxylic acids is 1. The van der Waals surface area contributed by atoms with Gasteiger partial charge in [0.2, 0.25) is 5.91 Å². The van der Waals surface area contributed by atoms with Crippen LogP contribution in [0.3, 0.4) is 0 Å². The van der Waals surface area contributed by atoms with E-state index in [0.717, 1.165) is 5.01 Å². The smallest absolute Gasteiger partial charge is 0.352 e. The van der Waals surface area contributed by atoms with Gasteiger partial charge in [0, 0.05) is 18.9 Å². The highest BCUT2D eigenvalue weighted by molar-refractivity contribution is 6.37. The molecule has 0 aromatic heterocycles. The second-order valence-electron chi connectivity index (χ2n) is 3.80. The first-order chi connectivity index (χ1) is 9.00. The van der Waals surface area contributed by atoms with E-state index in [1.165, 1.54) is 24.3 Å². The Morgan fingerprint density at radius 2 is 2.05 bits per heavy atom. The standard InChI is InChI=1S/C11H9N3O5/c15-10-6-5-7(11(16)17)12-13(10)8-3-1-2-4-9(8)14(18)19/h1-4H,5-6H2,(H,16,17). The Morgan fingerprint density at radius 1 is 1.37 bits per heavy atom. The van der Waals surface area contributed by atoms with Crippen molar-refractivity contribution in [1.29, 1.82) is 0 Å². The highest BCUT2D eigenvalue weighted by Crippen LogP contribution is 2.30. The Balaban J connectivity index is 2.50. The molecule has 0 radical (unpaired) electrons. The quantitative estimate of drug-likeness (QED) is 0.649. The first-order valence-corrected chi connectivity index (χ1v) is 5.38. The van der Waals surface area contributed by atoms with E-state index >= 15 is 0 Å². The second-order valence-corrected chi connectivity index (χ2v) is 3.80. The lowest BCUT2D eigenvalue weighted by Gasteiger charge is -2.21. The highest BCUT2D eigenvalue weighted by atomic mass is 16.6. The molecule has 1 aromatic carbocycles. The number of nitro benzene ring substituents is 1. The fourth-order valence-electron chi connectivity index (χ4n) is 1.69. The molecule has 1 amide bonds. The number of amides is 1. The number of hydrogen-bond donors (Lipinski definition) is 1. The minimum atomic E-state index is -1.24. The van der Waals surface area contributed by atoms with Crippen LogP contribution in [0.15, 0.2) is 29.4 Å². The van der Waals surface area contributed by atoms with Gasteiger partial charge in [0.15, 0.2) is 0 Å². The molecule has 8 nitrogen and oxygen atoms in total. The largest absolute Gasteiger partial charge is 0.477 e. The summed E-state index contributed by atoms with van der Waals surface area (Å²) in [5.74, 6) is -1.71. The molecule has 0 unspecified atom stereocenters. The molecular weight excluding hydrogens is 254 g/mol. The molecule has 19 heavy (non-hydrogen) atoms. The summed E-state index contributed by atoms with van der Waals surface area (Å²) < 4.78 is 0. The Hall–Kier alpha value is -2.77. The molecule has 0 aliphatic carbocycles. The maximum Gasteiger partial charge on any atom is 0.352 e. The van der Waals surface area contributed by atoms with Crippen molar-refractivity contribution in [2.75, 3.05) is 5.01 Å². The maximum atomic E-state index is 11.7. The van der Waals surface area contributed by atoms with Crippen LogP contribution in [0.1, 0.15) is 12.8 Å². The SMILES string of the molecule is O=C(O)C1=NN(c2ccccc2[N+](=O)[O-])C(=O)CC1. The molecular formula is C11H9N3O5. The lowest BCUT2D eigenvalue weighted by atomic mass is 10.1. The number of anilines is 1. The molecule has 2 rings (SSSR count). The van der Waals surface area contributed by atoms with Gasteiger partial charge in [-0.2, -0.15) is 10.1 Å². The number of hydrazone groups is 1. The molecule has 1 heterocycles. The van der Waals surface area contributed by atoms with E-state index in [1.807, 2.05) is 0 Å². The number of nitro groups is 1. The third kappa shape index (κ3) is 2.41. The minimum Gasteiger partial charge on any atom is -0.477 e. The van der Waals surface area contributed by atoms with E-state index in [-0.39, 0.29) is 29.9 Å². The Kier molecular flexibility index (Phi) is 3.23. The van der Waals surface area contributed by atoms with Gasteiger partial charge in [-0.3, -0.25) is 14.9 Å². The van der Waals surface area contributed by atoms with Crippen molar-refractivity contribution in [3.63, 3.8) is 0 Å². The average molecular weight is 263 g/mol. The molecule has 0 fully saturated rings. The van der Waals surface area contributed by atoms with Gasteiger partial charge < -0.3 is 5.11 Å². The van der Waals surface area contributed by atoms with Crippen LogP contribution in [0.25, 0.3) is 0 Å². The second kappa shape index (κ2) is 4.84. The third-order valence-electron chi connectivity index (χ3n) is 2.59. The van der Waals surface area contributed by atoms with Gasteiger partial charge in [0.1, 0.15) is 11.4 Å². The number of benzene rings is 1. The van der Waals surface area contributed by atoms with Gasteiger partial charge in [-0.25, -0.2) is 4.79 Å². The van der Waals surface area contributed by atoms with Crippen LogP contribution < -0.4 is 5.01 Å². The van der Waals surface area contributed by atoms with Crippen molar-refractivity contribution < 1.29 is 19.6 Å². The molecule has 1 aliphatic rings. The van der Waals surface area contributed by atoms with Crippen LogP contribution in [-0.2, 0) is 9.59 Å². The minimum absolute atomic E-state index is 0.0191. The van der Waals surface area contributed by atoms with Crippen molar-refractivity contribution in [1.82, 2.24) is 0 Å². The summed E-state index contributed by atoms with van der Waals surface area (Å²) in [6.45, 7) is 0. The number of carboxylic acids is 1. The third-order valence-corrected chi connectivity index (χ3v) is 2.59. The van der Waals surface area contributed by atoms with E-state index in [9.17, 15) is 19.7 Å². The Morgan fingerprint density at radius 3 is 2.68 bits per heavy atom. The van der Waals surface area contributed by atoms with Gasteiger partial charge in [-0.15, -0.1) is 0 Å². The monoisotopic (exact) mass is 263 g/mol. The van der Waals surface area contributed by atoms with Gasteiger partial charge >= 0.3 is 5.97 Å². The summed E-state index contributed by atoms with van der Waals surface area (Å²) in [6, 6.07) is 5.55. The van der Waals surface area contributed by atoms with Crippen molar-refractivity contribution in [2.45, 2.75) is 12.8 Å². The summed E-state index contributed by atoms with van der Waals surface area (Å²) in [7, 11) is 0. The van der Waals surface area contributed by atoms with E-state index < -0.39 is 16.8 Å². The number of carbonyl (C=O) groups is 2. The predicted octanol–water partition coefficient (Wildman–Crippen LogP) is 1.16. The number of rotatable bonds is 3. The van der Waals surface area contributed by atoms with Crippen LogP contribution >= 0.6 is 0 Å². The van der Waals surface area contributed by atoms with E-state index in [1.54, 1.807) is 0 Å². The zero-order valence-electron chi connectivity index (χ0n) is 9.65. The van der Waals surface area contributed by atoms with Crippen LogP contribution in [0, 0.1) is 10.1 Å². The van der Waals surface area contributed by atoms with Crippen LogP contribution in [-0.4, -0.2) is 27.6 Å². The predicted molar refractivity (Wildman–Crippen MR) is 64.9 cm³/mol.